The van der Waals surface area contributed by atoms with Gasteiger partial charge in [-0.2, -0.15) is 0 Å². The van der Waals surface area contributed by atoms with E-state index in [0.29, 0.717) is 6.54 Å². The fourth-order valence-electron chi connectivity index (χ4n) is 1.91. The van der Waals surface area contributed by atoms with Crippen molar-refractivity contribution in [3.8, 4) is 0 Å². The largest absolute Gasteiger partial charge is 0.480 e. The van der Waals surface area contributed by atoms with Crippen LogP contribution in [0.15, 0.2) is 0 Å². The minimum Gasteiger partial charge on any atom is -0.480 e. The van der Waals surface area contributed by atoms with E-state index >= 15 is 0 Å². The van der Waals surface area contributed by atoms with Crippen molar-refractivity contribution in [2.24, 2.45) is 5.92 Å². The quantitative estimate of drug-likeness (QED) is 0.718. The molecule has 3 amide bonds. The average Bonchev–Trinajstić information content (AvgIpc) is 2.26. The number of piperazine rings is 1. The number of carboxylic acid groups (broad SMARTS) is 1. The zero-order valence-corrected chi connectivity index (χ0v) is 10.8. The first-order valence-electron chi connectivity index (χ1n) is 5.84. The number of urea groups is 1. The summed E-state index contributed by atoms with van der Waals surface area (Å²) in [5, 5.41) is 11.5. The van der Waals surface area contributed by atoms with Gasteiger partial charge in [-0.05, 0) is 5.92 Å². The number of carboxylic acids is 1. The second-order valence-electron chi connectivity index (χ2n) is 4.84. The van der Waals surface area contributed by atoms with Crippen molar-refractivity contribution < 1.29 is 19.5 Å². The van der Waals surface area contributed by atoms with Crippen molar-refractivity contribution in [3.05, 3.63) is 0 Å². The van der Waals surface area contributed by atoms with Crippen LogP contribution in [0.3, 0.4) is 0 Å². The number of nitrogens with zero attached hydrogens (tertiary/aromatic N) is 2. The molecule has 1 atom stereocenters. The lowest BCUT2D eigenvalue weighted by Gasteiger charge is -2.35. The molecule has 1 aliphatic heterocycles. The second-order valence-corrected chi connectivity index (χ2v) is 4.84. The van der Waals surface area contributed by atoms with E-state index in [1.165, 1.54) is 4.90 Å². The Labute approximate surface area is 106 Å². The predicted molar refractivity (Wildman–Crippen MR) is 64.0 cm³/mol. The molecule has 0 aromatic rings. The Morgan fingerprint density at radius 2 is 2.17 bits per heavy atom. The van der Waals surface area contributed by atoms with Crippen LogP contribution in [-0.2, 0) is 9.59 Å². The van der Waals surface area contributed by atoms with Crippen LogP contribution in [0.1, 0.15) is 13.8 Å². The summed E-state index contributed by atoms with van der Waals surface area (Å²) < 4.78 is 0. The summed E-state index contributed by atoms with van der Waals surface area (Å²) in [4.78, 5) is 37.0. The third-order valence-corrected chi connectivity index (χ3v) is 2.68. The van der Waals surface area contributed by atoms with Crippen molar-refractivity contribution in [2.75, 3.05) is 26.7 Å². The number of nitrogens with one attached hydrogen (secondary N) is 1. The highest BCUT2D eigenvalue weighted by atomic mass is 16.4. The van der Waals surface area contributed by atoms with Gasteiger partial charge >= 0.3 is 12.0 Å². The van der Waals surface area contributed by atoms with Crippen LogP contribution in [0, 0.1) is 5.92 Å². The molecular formula is C11H19N3O4. The molecule has 0 aromatic heterocycles. The van der Waals surface area contributed by atoms with Crippen molar-refractivity contribution in [3.63, 3.8) is 0 Å². The molecule has 1 saturated heterocycles. The molecule has 102 valence electrons. The molecule has 1 fully saturated rings. The molecule has 0 bridgehead atoms. The number of aliphatic carboxylic acids is 1. The van der Waals surface area contributed by atoms with Gasteiger partial charge in [-0.3, -0.25) is 9.69 Å². The number of hydrogen-bond donors (Lipinski definition) is 2. The van der Waals surface area contributed by atoms with Gasteiger partial charge in [0.25, 0.3) is 0 Å². The second kappa shape index (κ2) is 5.70. The fourth-order valence-corrected chi connectivity index (χ4v) is 1.91. The first-order chi connectivity index (χ1) is 8.32. The summed E-state index contributed by atoms with van der Waals surface area (Å²) in [6.07, 6.45) is 0. The predicted octanol–water partition coefficient (Wildman–Crippen LogP) is -0.421. The molecule has 0 spiro atoms. The molecule has 0 aromatic carbocycles. The Kier molecular flexibility index (Phi) is 4.52. The van der Waals surface area contributed by atoms with E-state index in [9.17, 15) is 14.4 Å². The molecule has 0 saturated carbocycles. The highest BCUT2D eigenvalue weighted by molar-refractivity contribution is 5.90. The van der Waals surface area contributed by atoms with Crippen LogP contribution in [0.25, 0.3) is 0 Å². The molecule has 1 heterocycles. The number of hydrogen-bond acceptors (Lipinski definition) is 3. The Morgan fingerprint density at radius 1 is 1.56 bits per heavy atom. The lowest BCUT2D eigenvalue weighted by atomic mass is 10.2. The van der Waals surface area contributed by atoms with Gasteiger partial charge < -0.3 is 15.3 Å². The van der Waals surface area contributed by atoms with E-state index in [2.05, 4.69) is 5.32 Å². The number of amides is 3. The van der Waals surface area contributed by atoms with Gasteiger partial charge in [-0.25, -0.2) is 9.59 Å². The summed E-state index contributed by atoms with van der Waals surface area (Å²) in [5.41, 5.74) is 0. The Balaban J connectivity index is 2.78. The van der Waals surface area contributed by atoms with Crippen molar-refractivity contribution in [1.29, 1.82) is 0 Å². The Hall–Kier alpha value is -1.79. The Morgan fingerprint density at radius 3 is 2.67 bits per heavy atom. The van der Waals surface area contributed by atoms with Crippen LogP contribution in [0.4, 0.5) is 4.79 Å². The van der Waals surface area contributed by atoms with E-state index < -0.39 is 18.0 Å². The lowest BCUT2D eigenvalue weighted by molar-refractivity contribution is -0.144. The maximum Gasteiger partial charge on any atom is 0.328 e. The summed E-state index contributed by atoms with van der Waals surface area (Å²) in [6.45, 7) is 4.18. The van der Waals surface area contributed by atoms with E-state index in [-0.39, 0.29) is 24.9 Å². The summed E-state index contributed by atoms with van der Waals surface area (Å²) in [7, 11) is 1.60. The molecule has 1 rings (SSSR count). The monoisotopic (exact) mass is 257 g/mol. The van der Waals surface area contributed by atoms with Gasteiger partial charge in [0.1, 0.15) is 12.6 Å². The summed E-state index contributed by atoms with van der Waals surface area (Å²) in [5.74, 6) is -1.17. The van der Waals surface area contributed by atoms with E-state index in [1.54, 1.807) is 7.05 Å². The smallest absolute Gasteiger partial charge is 0.328 e. The minimum atomic E-state index is -1.11. The van der Waals surface area contributed by atoms with E-state index in [0.717, 1.165) is 4.90 Å². The molecule has 7 nitrogen and oxygen atoms in total. The van der Waals surface area contributed by atoms with Crippen molar-refractivity contribution >= 4 is 17.9 Å². The third kappa shape index (κ3) is 3.35. The van der Waals surface area contributed by atoms with Crippen molar-refractivity contribution in [2.45, 2.75) is 19.9 Å². The molecule has 7 heteroatoms. The van der Waals surface area contributed by atoms with Gasteiger partial charge in [0.15, 0.2) is 0 Å². The summed E-state index contributed by atoms with van der Waals surface area (Å²) >= 11 is 0. The molecule has 0 radical (unpaired) electrons. The highest BCUT2D eigenvalue weighted by Crippen LogP contribution is 2.09. The van der Waals surface area contributed by atoms with Gasteiger partial charge in [-0.15, -0.1) is 0 Å². The van der Waals surface area contributed by atoms with Crippen LogP contribution in [-0.4, -0.2) is 65.5 Å². The molecule has 1 unspecified atom stereocenters. The molecule has 1 aliphatic rings. The number of carbonyl (C=O) groups is 3. The molecule has 18 heavy (non-hydrogen) atoms. The normalized spacial score (nSPS) is 19.7. The zero-order valence-electron chi connectivity index (χ0n) is 10.8. The third-order valence-electron chi connectivity index (χ3n) is 2.68. The van der Waals surface area contributed by atoms with Gasteiger partial charge in [0.05, 0.1) is 0 Å². The molecule has 0 aliphatic carbocycles. The lowest BCUT2D eigenvalue weighted by Crippen LogP contribution is -2.61. The van der Waals surface area contributed by atoms with Crippen LogP contribution in [0.5, 0.6) is 0 Å². The SMILES string of the molecule is CC(C)CN(C)C(=O)N1CC(=O)NCC1C(=O)O. The number of rotatable bonds is 3. The average molecular weight is 257 g/mol. The molecule has 2 N–H and O–H groups in total. The van der Waals surface area contributed by atoms with Crippen LogP contribution in [0.2, 0.25) is 0 Å². The van der Waals surface area contributed by atoms with E-state index in [4.69, 9.17) is 5.11 Å². The van der Waals surface area contributed by atoms with Gasteiger partial charge in [0, 0.05) is 20.1 Å². The van der Waals surface area contributed by atoms with Crippen LogP contribution >= 0.6 is 0 Å². The Bertz CT molecular complexity index is 356. The van der Waals surface area contributed by atoms with Crippen LogP contribution < -0.4 is 5.32 Å². The maximum absolute atomic E-state index is 12.1. The highest BCUT2D eigenvalue weighted by Gasteiger charge is 2.36. The zero-order chi connectivity index (χ0) is 13.9. The molecular weight excluding hydrogens is 238 g/mol. The van der Waals surface area contributed by atoms with E-state index in [1.807, 2.05) is 13.8 Å². The maximum atomic E-state index is 12.1. The minimum absolute atomic E-state index is 0.0462. The first kappa shape index (κ1) is 14.3. The fraction of sp³-hybridized carbons (Fsp3) is 0.727. The van der Waals surface area contributed by atoms with Gasteiger partial charge in [0.2, 0.25) is 5.91 Å². The number of carbonyl (C=O) groups excluding carboxylic acids is 2. The van der Waals surface area contributed by atoms with Crippen molar-refractivity contribution in [1.82, 2.24) is 15.1 Å². The standard InChI is InChI=1S/C11H19N3O4/c1-7(2)5-13(3)11(18)14-6-9(15)12-4-8(14)10(16)17/h7-8H,4-6H2,1-3H3,(H,12,15)(H,16,17). The van der Waals surface area contributed by atoms with Gasteiger partial charge in [-0.1, -0.05) is 13.8 Å². The summed E-state index contributed by atoms with van der Waals surface area (Å²) in [6, 6.07) is -1.42. The topological polar surface area (TPSA) is 90.0 Å². The first-order valence-corrected chi connectivity index (χ1v) is 5.84.